The number of carbonyl (C=O) groups excluding carboxylic acids is 2. The first-order valence-corrected chi connectivity index (χ1v) is 6.21. The number of primary amides is 1. The Morgan fingerprint density at radius 3 is 2.61 bits per heavy atom. The van der Waals surface area contributed by atoms with Gasteiger partial charge in [0.05, 0.1) is 12.1 Å². The van der Waals surface area contributed by atoms with Crippen LogP contribution in [-0.4, -0.2) is 17.2 Å². The molecule has 0 spiro atoms. The van der Waals surface area contributed by atoms with Crippen LogP contribution in [-0.2, 0) is 11.2 Å². The van der Waals surface area contributed by atoms with Crippen LogP contribution in [0.5, 0.6) is 0 Å². The van der Waals surface area contributed by atoms with Crippen LogP contribution in [0.4, 0.5) is 0 Å². The summed E-state index contributed by atoms with van der Waals surface area (Å²) in [5, 5.41) is 1.25. The molecule has 0 bridgehead atoms. The molecule has 4 nitrogen and oxygen atoms in total. The molecule has 1 aromatic carbocycles. The molecule has 18 heavy (non-hydrogen) atoms. The van der Waals surface area contributed by atoms with Gasteiger partial charge in [0.1, 0.15) is 9.88 Å². The molecule has 6 heteroatoms. The van der Waals surface area contributed by atoms with Crippen molar-refractivity contribution in [3.8, 4) is 10.6 Å². The molecule has 0 aliphatic carbocycles. The quantitative estimate of drug-likeness (QED) is 0.932. The van der Waals surface area contributed by atoms with Crippen LogP contribution in [0.2, 0.25) is 5.02 Å². The third-order valence-corrected chi connectivity index (χ3v) is 3.67. The Hall–Kier alpha value is -1.72. The minimum Gasteiger partial charge on any atom is -0.365 e. The van der Waals surface area contributed by atoms with E-state index in [9.17, 15) is 9.59 Å². The van der Waals surface area contributed by atoms with E-state index < -0.39 is 5.91 Å². The molecule has 0 aliphatic heterocycles. The van der Waals surface area contributed by atoms with E-state index in [1.54, 1.807) is 30.6 Å². The van der Waals surface area contributed by atoms with E-state index in [2.05, 4.69) is 4.98 Å². The number of halogens is 1. The summed E-state index contributed by atoms with van der Waals surface area (Å²) in [5.74, 6) is -0.585. The first kappa shape index (κ1) is 12.7. The van der Waals surface area contributed by atoms with E-state index in [-0.39, 0.29) is 6.42 Å². The van der Waals surface area contributed by atoms with Crippen molar-refractivity contribution < 1.29 is 9.59 Å². The second kappa shape index (κ2) is 5.29. The normalized spacial score (nSPS) is 10.3. The van der Waals surface area contributed by atoms with Crippen molar-refractivity contribution in [2.45, 2.75) is 6.42 Å². The Morgan fingerprint density at radius 1 is 1.39 bits per heavy atom. The standard InChI is InChI=1S/C12H8ClN2O2S/c13-8-3-1-7(2-4-8)12-15-9(5-6-16)10(18-12)11(14)17/h1-4H,5H2,(H2,14,17). The fraction of sp³-hybridized carbons (Fsp3) is 0.0833. The van der Waals surface area contributed by atoms with Gasteiger partial charge in [-0.2, -0.15) is 0 Å². The largest absolute Gasteiger partial charge is 0.365 e. The van der Waals surface area contributed by atoms with Crippen molar-refractivity contribution >= 4 is 35.1 Å². The summed E-state index contributed by atoms with van der Waals surface area (Å²) in [6.07, 6.45) is 1.68. The van der Waals surface area contributed by atoms with Crippen molar-refractivity contribution in [2.24, 2.45) is 5.73 Å². The SMILES string of the molecule is NC(=O)c1sc(-c2ccc(Cl)cc2)nc1C[C]=O. The average molecular weight is 280 g/mol. The molecular formula is C12H8ClN2O2S. The van der Waals surface area contributed by atoms with Crippen LogP contribution in [0.25, 0.3) is 10.6 Å². The van der Waals surface area contributed by atoms with E-state index in [1.165, 1.54) is 0 Å². The lowest BCUT2D eigenvalue weighted by molar-refractivity contribution is 0.100. The van der Waals surface area contributed by atoms with Crippen LogP contribution < -0.4 is 5.73 Å². The van der Waals surface area contributed by atoms with Crippen molar-refractivity contribution in [1.29, 1.82) is 0 Å². The first-order valence-electron chi connectivity index (χ1n) is 5.02. The molecule has 0 unspecified atom stereocenters. The third kappa shape index (κ3) is 2.57. The minimum absolute atomic E-state index is 0.0393. The highest BCUT2D eigenvalue weighted by Gasteiger charge is 2.16. The van der Waals surface area contributed by atoms with Crippen LogP contribution in [0.3, 0.4) is 0 Å². The predicted molar refractivity (Wildman–Crippen MR) is 70.5 cm³/mol. The lowest BCUT2D eigenvalue weighted by Crippen LogP contribution is -2.11. The summed E-state index contributed by atoms with van der Waals surface area (Å²) >= 11 is 6.95. The monoisotopic (exact) mass is 279 g/mol. The zero-order chi connectivity index (χ0) is 13.1. The molecule has 2 rings (SSSR count). The molecule has 2 N–H and O–H groups in total. The van der Waals surface area contributed by atoms with E-state index in [0.29, 0.717) is 20.6 Å². The molecule has 1 radical (unpaired) electrons. The molecule has 91 valence electrons. The van der Waals surface area contributed by atoms with E-state index in [1.807, 2.05) is 0 Å². The lowest BCUT2D eigenvalue weighted by Gasteiger charge is -1.95. The second-order valence-electron chi connectivity index (χ2n) is 3.49. The summed E-state index contributed by atoms with van der Waals surface area (Å²) in [5.41, 5.74) is 6.43. The smallest absolute Gasteiger partial charge is 0.260 e. The summed E-state index contributed by atoms with van der Waals surface area (Å²) in [4.78, 5) is 26.2. The van der Waals surface area contributed by atoms with Gasteiger partial charge in [0, 0.05) is 10.6 Å². The van der Waals surface area contributed by atoms with E-state index >= 15 is 0 Å². The maximum Gasteiger partial charge on any atom is 0.260 e. The minimum atomic E-state index is -0.585. The Balaban J connectivity index is 2.45. The molecule has 0 fully saturated rings. The van der Waals surface area contributed by atoms with Gasteiger partial charge in [-0.05, 0) is 12.1 Å². The molecular weight excluding hydrogens is 272 g/mol. The van der Waals surface area contributed by atoms with Gasteiger partial charge in [-0.25, -0.2) is 4.98 Å². The molecule has 1 aromatic heterocycles. The lowest BCUT2D eigenvalue weighted by atomic mass is 10.2. The Labute approximate surface area is 112 Å². The molecule has 1 heterocycles. The summed E-state index contributed by atoms with van der Waals surface area (Å²) in [6, 6.07) is 7.04. The van der Waals surface area contributed by atoms with Gasteiger partial charge in [0.25, 0.3) is 5.91 Å². The number of carbonyl (C=O) groups is 1. The summed E-state index contributed by atoms with van der Waals surface area (Å²) < 4.78 is 0. The van der Waals surface area contributed by atoms with Crippen LogP contribution in [0, 0.1) is 0 Å². The van der Waals surface area contributed by atoms with Crippen molar-refractivity contribution in [3.63, 3.8) is 0 Å². The molecule has 2 aromatic rings. The van der Waals surface area contributed by atoms with Crippen molar-refractivity contribution in [3.05, 3.63) is 39.9 Å². The van der Waals surface area contributed by atoms with Crippen molar-refractivity contribution in [2.75, 3.05) is 0 Å². The highest BCUT2D eigenvalue weighted by atomic mass is 35.5. The summed E-state index contributed by atoms with van der Waals surface area (Å²) in [7, 11) is 0. The molecule has 1 amide bonds. The van der Waals surface area contributed by atoms with Gasteiger partial charge in [-0.1, -0.05) is 23.7 Å². The Bertz CT molecular complexity index is 593. The summed E-state index contributed by atoms with van der Waals surface area (Å²) in [6.45, 7) is 0. The Morgan fingerprint density at radius 2 is 2.06 bits per heavy atom. The number of hydrogen-bond donors (Lipinski definition) is 1. The molecule has 0 aliphatic rings. The van der Waals surface area contributed by atoms with Gasteiger partial charge < -0.3 is 5.73 Å². The van der Waals surface area contributed by atoms with Gasteiger partial charge in [-0.3, -0.25) is 9.59 Å². The fourth-order valence-corrected chi connectivity index (χ4v) is 2.51. The number of hydrogen-bond acceptors (Lipinski definition) is 4. The number of amides is 1. The maximum absolute atomic E-state index is 11.2. The van der Waals surface area contributed by atoms with E-state index in [4.69, 9.17) is 17.3 Å². The third-order valence-electron chi connectivity index (χ3n) is 2.25. The van der Waals surface area contributed by atoms with Gasteiger partial charge in [-0.15, -0.1) is 11.3 Å². The zero-order valence-corrected chi connectivity index (χ0v) is 10.7. The number of thiazole rings is 1. The average Bonchev–Trinajstić information content (AvgIpc) is 2.75. The number of rotatable bonds is 4. The van der Waals surface area contributed by atoms with Crippen LogP contribution >= 0.6 is 22.9 Å². The highest BCUT2D eigenvalue weighted by Crippen LogP contribution is 2.28. The van der Waals surface area contributed by atoms with E-state index in [0.717, 1.165) is 16.9 Å². The fourth-order valence-electron chi connectivity index (χ4n) is 1.45. The van der Waals surface area contributed by atoms with Crippen LogP contribution in [0.1, 0.15) is 15.4 Å². The number of nitrogens with two attached hydrogens (primary N) is 1. The first-order chi connectivity index (χ1) is 8.61. The topological polar surface area (TPSA) is 73.1 Å². The molecule has 0 atom stereocenters. The maximum atomic E-state index is 11.2. The number of benzene rings is 1. The predicted octanol–water partition coefficient (Wildman–Crippen LogP) is 2.21. The zero-order valence-electron chi connectivity index (χ0n) is 9.14. The van der Waals surface area contributed by atoms with Gasteiger partial charge >= 0.3 is 0 Å². The van der Waals surface area contributed by atoms with Gasteiger partial charge in [0.15, 0.2) is 0 Å². The Kier molecular flexibility index (Phi) is 3.74. The highest BCUT2D eigenvalue weighted by molar-refractivity contribution is 7.17. The number of aromatic nitrogens is 1. The van der Waals surface area contributed by atoms with Crippen LogP contribution in [0.15, 0.2) is 24.3 Å². The second-order valence-corrected chi connectivity index (χ2v) is 4.92. The number of nitrogens with zero attached hydrogens (tertiary/aromatic N) is 1. The molecule has 0 saturated heterocycles. The molecule has 0 saturated carbocycles. The van der Waals surface area contributed by atoms with Gasteiger partial charge in [0.2, 0.25) is 6.29 Å². The van der Waals surface area contributed by atoms with Crippen molar-refractivity contribution in [1.82, 2.24) is 4.98 Å².